The van der Waals surface area contributed by atoms with Crippen molar-refractivity contribution in [2.45, 2.75) is 33.0 Å². The fourth-order valence-electron chi connectivity index (χ4n) is 1.97. The number of aryl methyl sites for hydroxylation is 1. The molecule has 0 unspecified atom stereocenters. The van der Waals surface area contributed by atoms with E-state index in [1.807, 2.05) is 12.1 Å². The highest BCUT2D eigenvalue weighted by atomic mass is 19.1. The molecule has 2 aromatic rings. The van der Waals surface area contributed by atoms with E-state index in [1.54, 1.807) is 12.1 Å². The maximum absolute atomic E-state index is 13.7. The lowest BCUT2D eigenvalue weighted by Gasteiger charge is -2.10. The average molecular weight is 274 g/mol. The molecule has 0 aromatic heterocycles. The zero-order valence-electron chi connectivity index (χ0n) is 11.8. The lowest BCUT2D eigenvalue weighted by atomic mass is 10.1. The van der Waals surface area contributed by atoms with E-state index >= 15 is 0 Å². The van der Waals surface area contributed by atoms with E-state index in [0.29, 0.717) is 12.4 Å². The van der Waals surface area contributed by atoms with Crippen molar-refractivity contribution in [3.63, 3.8) is 0 Å². The van der Waals surface area contributed by atoms with Gasteiger partial charge in [0.2, 0.25) is 0 Å². The van der Waals surface area contributed by atoms with Crippen LogP contribution in [0.4, 0.5) is 4.39 Å². The first kappa shape index (κ1) is 14.5. The largest absolute Gasteiger partial charge is 0.489 e. The van der Waals surface area contributed by atoms with Crippen molar-refractivity contribution in [3.8, 4) is 5.75 Å². The molecule has 2 rings (SSSR count). The maximum atomic E-state index is 13.7. The third-order valence-electron chi connectivity index (χ3n) is 3.26. The third kappa shape index (κ3) is 3.58. The number of hydrogen-bond donors (Lipinski definition) is 1. The predicted octanol–water partition coefficient (Wildman–Crippen LogP) is 4.02. The Kier molecular flexibility index (Phi) is 4.74. The second-order valence-corrected chi connectivity index (χ2v) is 4.82. The number of aliphatic hydroxyl groups excluding tert-OH is 1. The van der Waals surface area contributed by atoms with Crippen LogP contribution in [0.1, 0.15) is 36.6 Å². The Morgan fingerprint density at radius 3 is 2.30 bits per heavy atom. The van der Waals surface area contributed by atoms with Gasteiger partial charge in [0, 0.05) is 11.6 Å². The van der Waals surface area contributed by atoms with Crippen molar-refractivity contribution >= 4 is 0 Å². The van der Waals surface area contributed by atoms with Crippen LogP contribution in [0.5, 0.6) is 5.75 Å². The van der Waals surface area contributed by atoms with Crippen LogP contribution in [0.15, 0.2) is 42.5 Å². The molecule has 2 nitrogen and oxygen atoms in total. The fraction of sp³-hybridized carbons (Fsp3) is 0.294. The second-order valence-electron chi connectivity index (χ2n) is 4.82. The SMILES string of the molecule is CCc1ccc(COc2ccc([C@H](C)O)c(F)c2)cc1. The summed E-state index contributed by atoms with van der Waals surface area (Å²) in [6.07, 6.45) is 0.193. The first-order valence-electron chi connectivity index (χ1n) is 6.78. The molecule has 0 fully saturated rings. The molecule has 1 atom stereocenters. The van der Waals surface area contributed by atoms with Gasteiger partial charge < -0.3 is 9.84 Å². The third-order valence-corrected chi connectivity index (χ3v) is 3.26. The fourth-order valence-corrected chi connectivity index (χ4v) is 1.97. The summed E-state index contributed by atoms with van der Waals surface area (Å²) >= 11 is 0. The van der Waals surface area contributed by atoms with Crippen LogP contribution in [0, 0.1) is 5.82 Å². The van der Waals surface area contributed by atoms with E-state index in [0.717, 1.165) is 12.0 Å². The highest BCUT2D eigenvalue weighted by Gasteiger charge is 2.09. The second kappa shape index (κ2) is 6.53. The van der Waals surface area contributed by atoms with Gasteiger partial charge in [-0.1, -0.05) is 31.2 Å². The molecule has 0 amide bonds. The van der Waals surface area contributed by atoms with Gasteiger partial charge in [0.1, 0.15) is 18.2 Å². The van der Waals surface area contributed by atoms with Gasteiger partial charge in [0.05, 0.1) is 6.10 Å². The van der Waals surface area contributed by atoms with E-state index in [4.69, 9.17) is 4.74 Å². The zero-order chi connectivity index (χ0) is 14.5. The van der Waals surface area contributed by atoms with Gasteiger partial charge in [-0.3, -0.25) is 0 Å². The van der Waals surface area contributed by atoms with Crippen LogP contribution in [0.2, 0.25) is 0 Å². The van der Waals surface area contributed by atoms with Crippen LogP contribution >= 0.6 is 0 Å². The normalized spacial score (nSPS) is 12.2. The van der Waals surface area contributed by atoms with E-state index in [-0.39, 0.29) is 5.56 Å². The molecule has 0 saturated carbocycles. The van der Waals surface area contributed by atoms with E-state index in [2.05, 4.69) is 19.1 Å². The number of halogens is 1. The van der Waals surface area contributed by atoms with Crippen molar-refractivity contribution in [1.82, 2.24) is 0 Å². The highest BCUT2D eigenvalue weighted by Crippen LogP contribution is 2.22. The summed E-state index contributed by atoms with van der Waals surface area (Å²) in [6.45, 7) is 4.05. The minimum Gasteiger partial charge on any atom is -0.489 e. The highest BCUT2D eigenvalue weighted by molar-refractivity contribution is 5.30. The van der Waals surface area contributed by atoms with Crippen molar-refractivity contribution in [2.24, 2.45) is 0 Å². The van der Waals surface area contributed by atoms with Crippen LogP contribution in [0.3, 0.4) is 0 Å². The Balaban J connectivity index is 2.01. The van der Waals surface area contributed by atoms with E-state index < -0.39 is 11.9 Å². The summed E-state index contributed by atoms with van der Waals surface area (Å²) in [6, 6.07) is 12.7. The van der Waals surface area contributed by atoms with Gasteiger partial charge in [0.25, 0.3) is 0 Å². The molecule has 0 aliphatic rings. The summed E-state index contributed by atoms with van der Waals surface area (Å²) in [5, 5.41) is 9.37. The Bertz CT molecular complexity index is 562. The number of benzene rings is 2. The Hall–Kier alpha value is -1.87. The van der Waals surface area contributed by atoms with Gasteiger partial charge in [-0.25, -0.2) is 4.39 Å². The van der Waals surface area contributed by atoms with Crippen LogP contribution in [-0.4, -0.2) is 5.11 Å². The summed E-state index contributed by atoms with van der Waals surface area (Å²) in [5.41, 5.74) is 2.60. The molecular formula is C17H19FO2. The monoisotopic (exact) mass is 274 g/mol. The van der Waals surface area contributed by atoms with Gasteiger partial charge in [-0.2, -0.15) is 0 Å². The molecule has 106 valence electrons. The topological polar surface area (TPSA) is 29.5 Å². The molecule has 0 saturated heterocycles. The molecule has 2 aromatic carbocycles. The summed E-state index contributed by atoms with van der Waals surface area (Å²) < 4.78 is 19.2. The van der Waals surface area contributed by atoms with Crippen molar-refractivity contribution < 1.29 is 14.2 Å². The smallest absolute Gasteiger partial charge is 0.132 e. The van der Waals surface area contributed by atoms with Crippen molar-refractivity contribution in [1.29, 1.82) is 0 Å². The molecule has 0 radical (unpaired) electrons. The Morgan fingerprint density at radius 1 is 1.10 bits per heavy atom. The maximum Gasteiger partial charge on any atom is 0.132 e. The Morgan fingerprint density at radius 2 is 1.75 bits per heavy atom. The van der Waals surface area contributed by atoms with Crippen LogP contribution < -0.4 is 4.74 Å². The molecule has 0 aliphatic carbocycles. The zero-order valence-corrected chi connectivity index (χ0v) is 11.8. The first-order valence-corrected chi connectivity index (χ1v) is 6.78. The van der Waals surface area contributed by atoms with Gasteiger partial charge in [-0.05, 0) is 36.6 Å². The van der Waals surface area contributed by atoms with E-state index in [9.17, 15) is 9.50 Å². The molecule has 0 bridgehead atoms. The molecule has 0 spiro atoms. The molecule has 20 heavy (non-hydrogen) atoms. The number of aliphatic hydroxyl groups is 1. The summed E-state index contributed by atoms with van der Waals surface area (Å²) in [7, 11) is 0. The summed E-state index contributed by atoms with van der Waals surface area (Å²) in [5.74, 6) is 0.0188. The standard InChI is InChI=1S/C17H19FO2/c1-3-13-4-6-14(7-5-13)11-20-15-8-9-16(12(2)19)17(18)10-15/h4-10,12,19H,3,11H2,1-2H3/t12-/m0/s1. The predicted molar refractivity (Wildman–Crippen MR) is 77.2 cm³/mol. The van der Waals surface area contributed by atoms with E-state index in [1.165, 1.54) is 18.6 Å². The number of rotatable bonds is 5. The van der Waals surface area contributed by atoms with Crippen molar-refractivity contribution in [3.05, 3.63) is 65.0 Å². The lowest BCUT2D eigenvalue weighted by Crippen LogP contribution is -1.99. The lowest BCUT2D eigenvalue weighted by molar-refractivity contribution is 0.194. The van der Waals surface area contributed by atoms with Crippen LogP contribution in [-0.2, 0) is 13.0 Å². The number of hydrogen-bond acceptors (Lipinski definition) is 2. The molecule has 0 aliphatic heterocycles. The van der Waals surface area contributed by atoms with Crippen LogP contribution in [0.25, 0.3) is 0 Å². The average Bonchev–Trinajstić information content (AvgIpc) is 2.45. The molecule has 3 heteroatoms. The van der Waals surface area contributed by atoms with Crippen molar-refractivity contribution in [2.75, 3.05) is 0 Å². The molecular weight excluding hydrogens is 255 g/mol. The number of ether oxygens (including phenoxy) is 1. The molecule has 0 heterocycles. The van der Waals surface area contributed by atoms with Gasteiger partial charge in [0.15, 0.2) is 0 Å². The summed E-state index contributed by atoms with van der Waals surface area (Å²) in [4.78, 5) is 0. The Labute approximate surface area is 118 Å². The van der Waals surface area contributed by atoms with Gasteiger partial charge >= 0.3 is 0 Å². The minimum absolute atomic E-state index is 0.282. The minimum atomic E-state index is -0.814. The first-order chi connectivity index (χ1) is 9.60. The van der Waals surface area contributed by atoms with Gasteiger partial charge in [-0.15, -0.1) is 0 Å². The quantitative estimate of drug-likeness (QED) is 0.892. The molecule has 1 N–H and O–H groups in total.